The van der Waals surface area contributed by atoms with Crippen molar-refractivity contribution in [1.82, 2.24) is 9.88 Å². The summed E-state index contributed by atoms with van der Waals surface area (Å²) >= 11 is 0. The molecular weight excluding hydrogens is 516 g/mol. The van der Waals surface area contributed by atoms with Gasteiger partial charge in [0.15, 0.2) is 6.73 Å². The van der Waals surface area contributed by atoms with E-state index in [4.69, 9.17) is 9.47 Å². The van der Waals surface area contributed by atoms with Crippen molar-refractivity contribution in [3.63, 3.8) is 0 Å². The molecule has 2 aliphatic heterocycles. The molecule has 8 nitrogen and oxygen atoms in total. The Balaban J connectivity index is 0.945. The van der Waals surface area contributed by atoms with Gasteiger partial charge in [0, 0.05) is 49.7 Å². The Labute approximate surface area is 242 Å². The summed E-state index contributed by atoms with van der Waals surface area (Å²) in [5, 5.41) is 2.62. The van der Waals surface area contributed by atoms with E-state index in [9.17, 15) is 9.59 Å². The fourth-order valence-electron chi connectivity index (χ4n) is 6.32. The van der Waals surface area contributed by atoms with Crippen LogP contribution in [0.1, 0.15) is 50.5 Å². The molecule has 3 heterocycles. The van der Waals surface area contributed by atoms with Crippen molar-refractivity contribution in [3.8, 4) is 5.88 Å². The zero-order chi connectivity index (χ0) is 28.0. The molecule has 1 amide bonds. The lowest BCUT2D eigenvalue weighted by atomic mass is 10.1. The first-order valence-electron chi connectivity index (χ1n) is 15.2. The summed E-state index contributed by atoms with van der Waals surface area (Å²) in [6.07, 6.45) is 6.91. The highest BCUT2D eigenvalue weighted by Crippen LogP contribution is 2.30. The zero-order valence-electron chi connectivity index (χ0n) is 23.8. The van der Waals surface area contributed by atoms with Gasteiger partial charge in [-0.2, -0.15) is 4.98 Å². The molecule has 3 aromatic rings. The second-order valence-corrected chi connectivity index (χ2v) is 11.4. The molecule has 0 atom stereocenters. The number of pyridine rings is 1. The normalized spacial score (nSPS) is 18.1. The van der Waals surface area contributed by atoms with Gasteiger partial charge >= 0.3 is 5.97 Å². The van der Waals surface area contributed by atoms with Crippen LogP contribution >= 0.6 is 0 Å². The molecule has 0 bridgehead atoms. The Hall–Kier alpha value is -3.65. The van der Waals surface area contributed by atoms with Crippen molar-refractivity contribution in [2.45, 2.75) is 51.4 Å². The molecule has 0 unspecified atom stereocenters. The summed E-state index contributed by atoms with van der Waals surface area (Å²) in [6.45, 7) is 5.75. The van der Waals surface area contributed by atoms with Crippen LogP contribution in [0.3, 0.4) is 0 Å². The van der Waals surface area contributed by atoms with Crippen LogP contribution in [-0.4, -0.2) is 67.8 Å². The number of amides is 1. The van der Waals surface area contributed by atoms with E-state index in [0.717, 1.165) is 76.8 Å². The quantitative estimate of drug-likeness (QED) is 0.251. The molecule has 1 aromatic heterocycles. The van der Waals surface area contributed by atoms with E-state index in [1.807, 2.05) is 12.1 Å². The standard InChI is InChI=1S/C33H40N4O4/c38-31-17-15-26-14-16-30(34-32(26)37(31)24-41-33(39)27-9-1-2-10-27)40-23-6-5-18-35-19-21-36(22-20-35)29-13-7-11-25-8-3-4-12-28(25)29/h3-4,7-8,11-14,16,27H,1-2,5-6,9-10,15,17-24H2. The maximum atomic E-state index is 12.7. The highest BCUT2D eigenvalue weighted by Gasteiger charge is 2.29. The highest BCUT2D eigenvalue weighted by atomic mass is 16.5. The first kappa shape index (κ1) is 27.5. The van der Waals surface area contributed by atoms with Gasteiger partial charge in [-0.1, -0.05) is 49.2 Å². The Morgan fingerprint density at radius 2 is 1.71 bits per heavy atom. The molecule has 1 saturated heterocycles. The van der Waals surface area contributed by atoms with E-state index >= 15 is 0 Å². The van der Waals surface area contributed by atoms with Crippen LogP contribution in [0.5, 0.6) is 5.88 Å². The zero-order valence-corrected chi connectivity index (χ0v) is 23.8. The maximum absolute atomic E-state index is 12.7. The fraction of sp³-hybridized carbons (Fsp3) is 0.485. The van der Waals surface area contributed by atoms with Gasteiger partial charge in [-0.3, -0.25) is 19.4 Å². The van der Waals surface area contributed by atoms with Gasteiger partial charge < -0.3 is 14.4 Å². The third kappa shape index (κ3) is 6.48. The Bertz CT molecular complexity index is 1360. The lowest BCUT2D eigenvalue weighted by Gasteiger charge is -2.36. The molecule has 1 aliphatic carbocycles. The number of hydrogen-bond donors (Lipinski definition) is 0. The monoisotopic (exact) mass is 556 g/mol. The molecule has 2 aromatic carbocycles. The van der Waals surface area contributed by atoms with Crippen molar-refractivity contribution in [2.24, 2.45) is 5.92 Å². The molecule has 0 spiro atoms. The van der Waals surface area contributed by atoms with Gasteiger partial charge in [0.05, 0.1) is 12.5 Å². The number of carbonyl (C=O) groups excluding carboxylic acids is 2. The van der Waals surface area contributed by atoms with Gasteiger partial charge in [0.2, 0.25) is 11.8 Å². The minimum atomic E-state index is -0.204. The van der Waals surface area contributed by atoms with Gasteiger partial charge in [-0.05, 0) is 61.7 Å². The molecule has 0 N–H and O–H groups in total. The van der Waals surface area contributed by atoms with Crippen LogP contribution in [0.4, 0.5) is 11.5 Å². The topological polar surface area (TPSA) is 75.2 Å². The number of esters is 1. The number of aromatic nitrogens is 1. The molecule has 0 radical (unpaired) electrons. The summed E-state index contributed by atoms with van der Waals surface area (Å²) in [5.74, 6) is 0.758. The molecule has 8 heteroatoms. The lowest BCUT2D eigenvalue weighted by molar-refractivity contribution is -0.148. The van der Waals surface area contributed by atoms with Crippen molar-refractivity contribution in [1.29, 1.82) is 0 Å². The second kappa shape index (κ2) is 12.9. The minimum absolute atomic E-state index is 0.0370. The van der Waals surface area contributed by atoms with Crippen LogP contribution in [-0.2, 0) is 20.7 Å². The van der Waals surface area contributed by atoms with Crippen molar-refractivity contribution < 1.29 is 19.1 Å². The van der Waals surface area contributed by atoms with Crippen LogP contribution in [0, 0.1) is 5.92 Å². The SMILES string of the molecule is O=C(OCN1C(=O)CCc2ccc(OCCCCN3CCN(c4cccc5ccccc45)CC3)nc21)C1CCCC1. The number of fused-ring (bicyclic) bond motifs is 2. The van der Waals surface area contributed by atoms with Crippen LogP contribution in [0.15, 0.2) is 54.6 Å². The maximum Gasteiger partial charge on any atom is 0.310 e. The Morgan fingerprint density at radius 3 is 2.56 bits per heavy atom. The molecule has 216 valence electrons. The van der Waals surface area contributed by atoms with Crippen molar-refractivity contribution in [3.05, 3.63) is 60.2 Å². The molecule has 2 fully saturated rings. The number of anilines is 2. The number of unbranched alkanes of at least 4 members (excludes halogenated alkanes) is 1. The number of rotatable bonds is 10. The van der Waals surface area contributed by atoms with Crippen LogP contribution < -0.4 is 14.5 Å². The molecule has 3 aliphatic rings. The Morgan fingerprint density at radius 1 is 0.902 bits per heavy atom. The van der Waals surface area contributed by atoms with Gasteiger partial charge in [-0.25, -0.2) is 0 Å². The largest absolute Gasteiger partial charge is 0.478 e. The summed E-state index contributed by atoms with van der Waals surface area (Å²) in [7, 11) is 0. The fourth-order valence-corrected chi connectivity index (χ4v) is 6.32. The van der Waals surface area contributed by atoms with Gasteiger partial charge in [-0.15, -0.1) is 0 Å². The number of nitrogens with zero attached hydrogens (tertiary/aromatic N) is 4. The van der Waals surface area contributed by atoms with E-state index in [0.29, 0.717) is 31.1 Å². The first-order chi connectivity index (χ1) is 20.2. The minimum Gasteiger partial charge on any atom is -0.478 e. The smallest absolute Gasteiger partial charge is 0.310 e. The first-order valence-corrected chi connectivity index (χ1v) is 15.2. The molecular formula is C33H40N4O4. The number of aryl methyl sites for hydroxylation is 1. The van der Waals surface area contributed by atoms with E-state index in [1.165, 1.54) is 21.4 Å². The van der Waals surface area contributed by atoms with E-state index < -0.39 is 0 Å². The van der Waals surface area contributed by atoms with Gasteiger partial charge in [0.25, 0.3) is 0 Å². The van der Waals surface area contributed by atoms with Crippen LogP contribution in [0.25, 0.3) is 10.8 Å². The average molecular weight is 557 g/mol. The van der Waals surface area contributed by atoms with Gasteiger partial charge in [0.1, 0.15) is 5.82 Å². The van der Waals surface area contributed by atoms with E-state index in [1.54, 1.807) is 0 Å². The van der Waals surface area contributed by atoms with E-state index in [2.05, 4.69) is 57.2 Å². The number of carbonyl (C=O) groups is 2. The molecule has 6 rings (SSSR count). The Kier molecular flexibility index (Phi) is 8.65. The number of piperazine rings is 1. The van der Waals surface area contributed by atoms with E-state index in [-0.39, 0.29) is 24.5 Å². The third-order valence-electron chi connectivity index (χ3n) is 8.72. The predicted octanol–water partition coefficient (Wildman–Crippen LogP) is 5.19. The lowest BCUT2D eigenvalue weighted by Crippen LogP contribution is -2.46. The predicted molar refractivity (Wildman–Crippen MR) is 160 cm³/mol. The summed E-state index contributed by atoms with van der Waals surface area (Å²) < 4.78 is 11.5. The van der Waals surface area contributed by atoms with Crippen molar-refractivity contribution >= 4 is 34.2 Å². The number of hydrogen-bond acceptors (Lipinski definition) is 7. The average Bonchev–Trinajstić information content (AvgIpc) is 3.56. The summed E-state index contributed by atoms with van der Waals surface area (Å²) in [6, 6.07) is 19.0. The molecule has 41 heavy (non-hydrogen) atoms. The highest BCUT2D eigenvalue weighted by molar-refractivity contribution is 5.95. The molecule has 1 saturated carbocycles. The second-order valence-electron chi connectivity index (χ2n) is 11.4. The number of ether oxygens (including phenoxy) is 2. The number of benzene rings is 2. The van der Waals surface area contributed by atoms with Crippen molar-refractivity contribution in [2.75, 3.05) is 55.9 Å². The summed E-state index contributed by atoms with van der Waals surface area (Å²) in [4.78, 5) is 36.2. The summed E-state index contributed by atoms with van der Waals surface area (Å²) in [5.41, 5.74) is 2.32. The third-order valence-corrected chi connectivity index (χ3v) is 8.72. The van der Waals surface area contributed by atoms with Crippen LogP contribution in [0.2, 0.25) is 0 Å².